The standard InChI is InChI=1S/C25H23N3O3.Ac.H2O/c1-2-28(21-6-4-3-5-7-21)24(29)19-11-13-20(14-12-19)25(30)31-22-15-8-18(9-16-22)10-17-23(26)27;;/h3-17H,2H2,1H3,(H3,26,27);;1H2/b17-10+;;. The Kier molecular flexibility index (Phi) is 11.7. The van der Waals surface area contributed by atoms with Gasteiger partial charge in [0.1, 0.15) is 11.6 Å². The summed E-state index contributed by atoms with van der Waals surface area (Å²) in [7, 11) is 0. The minimum atomic E-state index is -0.513. The molecule has 1 radical (unpaired) electrons. The van der Waals surface area contributed by atoms with E-state index in [1.165, 1.54) is 6.08 Å². The summed E-state index contributed by atoms with van der Waals surface area (Å²) in [5.74, 6) is -0.293. The second-order valence-corrected chi connectivity index (χ2v) is 6.71. The number of amidine groups is 1. The van der Waals surface area contributed by atoms with Gasteiger partial charge in [-0.2, -0.15) is 0 Å². The molecule has 0 aliphatic rings. The van der Waals surface area contributed by atoms with Crippen LogP contribution in [-0.2, 0) is 0 Å². The Bertz CT molecular complexity index is 1100. The van der Waals surface area contributed by atoms with Gasteiger partial charge in [0.05, 0.1) is 5.56 Å². The van der Waals surface area contributed by atoms with Crippen molar-refractivity contribution >= 4 is 29.5 Å². The second kappa shape index (κ2) is 13.7. The molecule has 0 bridgehead atoms. The molecule has 0 saturated carbocycles. The molecule has 3 rings (SSSR count). The van der Waals surface area contributed by atoms with Crippen molar-refractivity contribution in [3.05, 3.63) is 102 Å². The van der Waals surface area contributed by atoms with Crippen LogP contribution in [0.5, 0.6) is 5.75 Å². The predicted molar refractivity (Wildman–Crippen MR) is 126 cm³/mol. The third-order valence-corrected chi connectivity index (χ3v) is 4.54. The molecular formula is C25H25AcN3O4. The van der Waals surface area contributed by atoms with Crippen LogP contribution in [-0.4, -0.2) is 29.7 Å². The number of esters is 1. The molecule has 0 heterocycles. The van der Waals surface area contributed by atoms with Crippen molar-refractivity contribution in [2.45, 2.75) is 6.92 Å². The Hall–Kier alpha value is -2.79. The number of nitrogens with two attached hydrogens (primary N) is 1. The average molecular weight is 658 g/mol. The Morgan fingerprint density at radius 2 is 1.52 bits per heavy atom. The van der Waals surface area contributed by atoms with Gasteiger partial charge in [-0.25, -0.2) is 4.79 Å². The van der Waals surface area contributed by atoms with Crippen LogP contribution in [0.15, 0.2) is 84.9 Å². The van der Waals surface area contributed by atoms with Crippen molar-refractivity contribution in [1.82, 2.24) is 0 Å². The third kappa shape index (κ3) is 7.93. The van der Waals surface area contributed by atoms with Crippen LogP contribution >= 0.6 is 0 Å². The van der Waals surface area contributed by atoms with Crippen LogP contribution in [0.4, 0.5) is 5.69 Å². The molecule has 0 aliphatic carbocycles. The van der Waals surface area contributed by atoms with Crippen molar-refractivity contribution in [3.8, 4) is 5.75 Å². The largest absolute Gasteiger partial charge is 0.423 e. The van der Waals surface area contributed by atoms with Gasteiger partial charge in [0.15, 0.2) is 0 Å². The van der Waals surface area contributed by atoms with E-state index in [1.54, 1.807) is 59.5 Å². The molecule has 1 amide bonds. The molecule has 0 aliphatic heterocycles. The molecule has 167 valence electrons. The van der Waals surface area contributed by atoms with Gasteiger partial charge in [0.25, 0.3) is 5.91 Å². The summed E-state index contributed by atoms with van der Waals surface area (Å²) >= 11 is 0. The quantitative estimate of drug-likeness (QED) is 0.174. The molecule has 33 heavy (non-hydrogen) atoms. The second-order valence-electron chi connectivity index (χ2n) is 6.71. The molecule has 3 aromatic rings. The first-order valence-electron chi connectivity index (χ1n) is 9.79. The van der Waals surface area contributed by atoms with E-state index in [4.69, 9.17) is 15.9 Å². The summed E-state index contributed by atoms with van der Waals surface area (Å²) in [6, 6.07) is 22.7. The molecule has 0 unspecified atom stereocenters. The van der Waals surface area contributed by atoms with Crippen LogP contribution in [0.2, 0.25) is 0 Å². The van der Waals surface area contributed by atoms with E-state index < -0.39 is 5.97 Å². The van der Waals surface area contributed by atoms with Gasteiger partial charge >= 0.3 is 5.97 Å². The molecule has 0 spiro atoms. The van der Waals surface area contributed by atoms with Gasteiger partial charge in [0.2, 0.25) is 0 Å². The van der Waals surface area contributed by atoms with Crippen LogP contribution in [0.25, 0.3) is 6.08 Å². The van der Waals surface area contributed by atoms with Gasteiger partial charge in [-0.3, -0.25) is 10.2 Å². The maximum atomic E-state index is 12.9. The number of hydrogen-bond donors (Lipinski definition) is 2. The third-order valence-electron chi connectivity index (χ3n) is 4.54. The van der Waals surface area contributed by atoms with E-state index in [9.17, 15) is 9.59 Å². The van der Waals surface area contributed by atoms with Crippen LogP contribution in [0, 0.1) is 49.5 Å². The van der Waals surface area contributed by atoms with E-state index >= 15 is 0 Å². The zero-order valence-electron chi connectivity index (χ0n) is 18.2. The van der Waals surface area contributed by atoms with E-state index in [0.29, 0.717) is 23.4 Å². The summed E-state index contributed by atoms with van der Waals surface area (Å²) in [5, 5.41) is 7.19. The summed E-state index contributed by atoms with van der Waals surface area (Å²) in [4.78, 5) is 27.0. The maximum absolute atomic E-state index is 12.9. The SMILES string of the molecule is CCN(C(=O)c1ccc(C(=O)Oc2ccc(/C=C/C(=N)N)cc2)cc1)c1ccccc1.O.[Ac]. The summed E-state index contributed by atoms with van der Waals surface area (Å²) in [5.41, 5.74) is 7.77. The zero-order valence-corrected chi connectivity index (χ0v) is 22.9. The smallest absolute Gasteiger partial charge is 0.343 e. The average Bonchev–Trinajstić information content (AvgIpc) is 2.80. The van der Waals surface area contributed by atoms with Gasteiger partial charge in [-0.15, -0.1) is 0 Å². The van der Waals surface area contributed by atoms with E-state index in [1.807, 2.05) is 37.3 Å². The Balaban J connectivity index is 0.00000272. The fourth-order valence-corrected chi connectivity index (χ4v) is 2.96. The number of hydrogen-bond acceptors (Lipinski definition) is 4. The van der Waals surface area contributed by atoms with E-state index in [0.717, 1.165) is 11.3 Å². The van der Waals surface area contributed by atoms with E-state index in [-0.39, 0.29) is 61.3 Å². The Morgan fingerprint density at radius 3 is 2.06 bits per heavy atom. The number of para-hydroxylation sites is 1. The number of amides is 1. The van der Waals surface area contributed by atoms with Gasteiger partial charge in [0, 0.05) is 61.9 Å². The van der Waals surface area contributed by atoms with E-state index in [2.05, 4.69) is 0 Å². The number of carbonyl (C=O) groups excluding carboxylic acids is 2. The molecule has 3 aromatic carbocycles. The molecule has 8 heteroatoms. The minimum absolute atomic E-state index is 0. The molecule has 0 aromatic heterocycles. The number of anilines is 1. The zero-order chi connectivity index (χ0) is 22.2. The fourth-order valence-electron chi connectivity index (χ4n) is 2.96. The summed E-state index contributed by atoms with van der Waals surface area (Å²) in [6.45, 7) is 2.45. The molecular weight excluding hydrogens is 633 g/mol. The number of nitrogens with zero attached hydrogens (tertiary/aromatic N) is 1. The van der Waals surface area contributed by atoms with Crippen molar-refractivity contribution in [3.63, 3.8) is 0 Å². The molecule has 0 saturated heterocycles. The first kappa shape index (κ1) is 28.2. The Labute approximate surface area is 228 Å². The maximum Gasteiger partial charge on any atom is 0.343 e. The first-order valence-corrected chi connectivity index (χ1v) is 9.79. The minimum Gasteiger partial charge on any atom is -0.423 e. The number of ether oxygens (including phenoxy) is 1. The summed E-state index contributed by atoms with van der Waals surface area (Å²) in [6.07, 6.45) is 3.17. The first-order chi connectivity index (χ1) is 15.0. The number of benzene rings is 3. The van der Waals surface area contributed by atoms with Crippen LogP contribution in [0.3, 0.4) is 0 Å². The van der Waals surface area contributed by atoms with Gasteiger partial charge < -0.3 is 20.8 Å². The molecule has 0 atom stereocenters. The van der Waals surface area contributed by atoms with Crippen LogP contribution < -0.4 is 15.4 Å². The van der Waals surface area contributed by atoms with Crippen molar-refractivity contribution < 1.29 is 63.9 Å². The number of carbonyl (C=O) groups is 2. The van der Waals surface area contributed by atoms with Crippen molar-refractivity contribution in [2.24, 2.45) is 5.73 Å². The van der Waals surface area contributed by atoms with Crippen LogP contribution in [0.1, 0.15) is 33.2 Å². The molecule has 5 N–H and O–H groups in total. The Morgan fingerprint density at radius 1 is 0.939 bits per heavy atom. The fraction of sp³-hybridized carbons (Fsp3) is 0.0800. The van der Waals surface area contributed by atoms with Gasteiger partial charge in [-0.1, -0.05) is 36.4 Å². The van der Waals surface area contributed by atoms with Crippen molar-refractivity contribution in [2.75, 3.05) is 11.4 Å². The number of rotatable bonds is 7. The summed E-state index contributed by atoms with van der Waals surface area (Å²) < 4.78 is 5.39. The topological polar surface area (TPSA) is 128 Å². The molecule has 7 nitrogen and oxygen atoms in total. The normalized spacial score (nSPS) is 9.97. The van der Waals surface area contributed by atoms with Crippen molar-refractivity contribution in [1.29, 1.82) is 5.41 Å². The predicted octanol–water partition coefficient (Wildman–Crippen LogP) is 3.70. The van der Waals surface area contributed by atoms with Gasteiger partial charge in [-0.05, 0) is 67.1 Å². The molecule has 0 fully saturated rings. The monoisotopic (exact) mass is 658 g/mol. The number of nitrogens with one attached hydrogen (secondary N) is 1.